The van der Waals surface area contributed by atoms with Gasteiger partial charge in [0.1, 0.15) is 0 Å². The second-order valence-electron chi connectivity index (χ2n) is 8.96. The summed E-state index contributed by atoms with van der Waals surface area (Å²) in [5.41, 5.74) is 0.362. The van der Waals surface area contributed by atoms with Crippen molar-refractivity contribution in [1.82, 2.24) is 0 Å². The van der Waals surface area contributed by atoms with Gasteiger partial charge in [-0.3, -0.25) is 0 Å². The Balaban J connectivity index is 5.30. The van der Waals surface area contributed by atoms with E-state index in [0.29, 0.717) is 5.41 Å². The molecule has 0 rings (SSSR count). The predicted octanol–water partition coefficient (Wildman–Crippen LogP) is 9.00. The summed E-state index contributed by atoms with van der Waals surface area (Å²) in [4.78, 5) is 0. The summed E-state index contributed by atoms with van der Waals surface area (Å²) in [6.07, 6.45) is 20.8. The topological polar surface area (TPSA) is 9.23 Å². The van der Waals surface area contributed by atoms with Crippen molar-refractivity contribution in [2.75, 3.05) is 12.4 Å². The first-order chi connectivity index (χ1) is 13.1. The van der Waals surface area contributed by atoms with E-state index < -0.39 is 0 Å². The number of thiol groups is 1. The van der Waals surface area contributed by atoms with Crippen LogP contribution in [0, 0.1) is 5.41 Å². The molecule has 0 aromatic carbocycles. The van der Waals surface area contributed by atoms with Crippen LogP contribution in [0.2, 0.25) is 0 Å². The smallest absolute Gasteiger partial charge is 0.0735 e. The lowest BCUT2D eigenvalue weighted by atomic mass is 9.63. The molecule has 0 heterocycles. The Bertz CT molecular complexity index is 296. The largest absolute Gasteiger partial charge is 0.374 e. The van der Waals surface area contributed by atoms with E-state index in [2.05, 4.69) is 47.2 Å². The summed E-state index contributed by atoms with van der Waals surface area (Å²) in [7, 11) is 0. The zero-order chi connectivity index (χ0) is 20.4. The first-order valence-corrected chi connectivity index (χ1v) is 12.9. The summed E-state index contributed by atoms with van der Waals surface area (Å²) in [5, 5.41) is 0. The average Bonchev–Trinajstić information content (AvgIpc) is 2.68. The van der Waals surface area contributed by atoms with Gasteiger partial charge in [0.15, 0.2) is 0 Å². The molecular formula is C25H52OS. The summed E-state index contributed by atoms with van der Waals surface area (Å²) >= 11 is 4.55. The number of ether oxygens (including phenoxy) is 1. The van der Waals surface area contributed by atoms with Gasteiger partial charge in [0, 0.05) is 6.61 Å². The molecule has 1 nitrogen and oxygen atoms in total. The molecule has 0 aliphatic rings. The maximum absolute atomic E-state index is 6.82. The maximum Gasteiger partial charge on any atom is 0.0735 e. The number of hydrogen-bond acceptors (Lipinski definition) is 2. The van der Waals surface area contributed by atoms with Crippen LogP contribution in [-0.2, 0) is 4.74 Å². The summed E-state index contributed by atoms with van der Waals surface area (Å²) in [6.45, 7) is 12.7. The average molecular weight is 401 g/mol. The molecule has 0 aromatic heterocycles. The van der Waals surface area contributed by atoms with Crippen molar-refractivity contribution in [2.24, 2.45) is 5.41 Å². The Morgan fingerprint density at radius 2 is 1.11 bits per heavy atom. The van der Waals surface area contributed by atoms with Crippen molar-refractivity contribution in [2.45, 2.75) is 143 Å². The van der Waals surface area contributed by atoms with Crippen LogP contribution in [0.25, 0.3) is 0 Å². The molecule has 0 aliphatic carbocycles. The summed E-state index contributed by atoms with van der Waals surface area (Å²) in [6, 6.07) is 0. The lowest BCUT2D eigenvalue weighted by Crippen LogP contribution is -2.49. The molecule has 1 unspecified atom stereocenters. The van der Waals surface area contributed by atoms with Gasteiger partial charge in [-0.1, -0.05) is 98.8 Å². The van der Waals surface area contributed by atoms with E-state index >= 15 is 0 Å². The van der Waals surface area contributed by atoms with Crippen LogP contribution in [0.4, 0.5) is 0 Å². The Hall–Kier alpha value is 0.310. The van der Waals surface area contributed by atoms with Crippen molar-refractivity contribution in [3.8, 4) is 0 Å². The van der Waals surface area contributed by atoms with Crippen LogP contribution >= 0.6 is 12.6 Å². The first-order valence-electron chi connectivity index (χ1n) is 12.3. The molecule has 0 spiro atoms. The molecule has 0 bridgehead atoms. The Kier molecular flexibility index (Phi) is 17.4. The molecule has 27 heavy (non-hydrogen) atoms. The highest BCUT2D eigenvalue weighted by Crippen LogP contribution is 2.49. The van der Waals surface area contributed by atoms with Crippen LogP contribution in [0.5, 0.6) is 0 Å². The van der Waals surface area contributed by atoms with E-state index in [9.17, 15) is 0 Å². The van der Waals surface area contributed by atoms with Crippen molar-refractivity contribution < 1.29 is 4.74 Å². The SMILES string of the molecule is CCCCCCCCC(C)(CCCS)C(CCCC)(CCCC)OCCC. The van der Waals surface area contributed by atoms with Crippen LogP contribution in [0.1, 0.15) is 137 Å². The lowest BCUT2D eigenvalue weighted by Gasteiger charge is -2.50. The fourth-order valence-electron chi connectivity index (χ4n) is 4.61. The molecule has 1 atom stereocenters. The second-order valence-corrected chi connectivity index (χ2v) is 9.40. The molecule has 0 N–H and O–H groups in total. The molecule has 0 aromatic rings. The highest BCUT2D eigenvalue weighted by atomic mass is 32.1. The zero-order valence-electron chi connectivity index (χ0n) is 19.6. The first kappa shape index (κ1) is 27.3. The van der Waals surface area contributed by atoms with Gasteiger partial charge in [-0.2, -0.15) is 12.6 Å². The third kappa shape index (κ3) is 10.6. The number of hydrogen-bond donors (Lipinski definition) is 1. The summed E-state index contributed by atoms with van der Waals surface area (Å²) < 4.78 is 6.82. The van der Waals surface area contributed by atoms with Crippen LogP contribution < -0.4 is 0 Å². The lowest BCUT2D eigenvalue weighted by molar-refractivity contribution is -0.149. The summed E-state index contributed by atoms with van der Waals surface area (Å²) in [5.74, 6) is 0.998. The van der Waals surface area contributed by atoms with Gasteiger partial charge in [-0.15, -0.1) is 0 Å². The van der Waals surface area contributed by atoms with Gasteiger partial charge >= 0.3 is 0 Å². The van der Waals surface area contributed by atoms with Crippen LogP contribution in [-0.4, -0.2) is 18.0 Å². The second kappa shape index (κ2) is 17.2. The maximum atomic E-state index is 6.82. The minimum absolute atomic E-state index is 0.0708. The highest BCUT2D eigenvalue weighted by molar-refractivity contribution is 7.80. The van der Waals surface area contributed by atoms with Crippen LogP contribution in [0.15, 0.2) is 0 Å². The Labute approximate surface area is 178 Å². The molecule has 164 valence electrons. The van der Waals surface area contributed by atoms with Gasteiger partial charge in [-0.25, -0.2) is 0 Å². The molecular weight excluding hydrogens is 348 g/mol. The van der Waals surface area contributed by atoms with Gasteiger partial charge in [0.25, 0.3) is 0 Å². The minimum atomic E-state index is 0.0708. The fourth-order valence-corrected chi connectivity index (χ4v) is 4.77. The Morgan fingerprint density at radius 3 is 1.63 bits per heavy atom. The van der Waals surface area contributed by atoms with Crippen molar-refractivity contribution in [3.05, 3.63) is 0 Å². The molecule has 2 heteroatoms. The quantitative estimate of drug-likeness (QED) is 0.158. The highest BCUT2D eigenvalue weighted by Gasteiger charge is 2.46. The van der Waals surface area contributed by atoms with Gasteiger partial charge in [-0.05, 0) is 49.7 Å². The van der Waals surface area contributed by atoms with E-state index in [1.807, 2.05) is 0 Å². The van der Waals surface area contributed by atoms with Gasteiger partial charge < -0.3 is 4.74 Å². The molecule has 0 fully saturated rings. The van der Waals surface area contributed by atoms with E-state index in [-0.39, 0.29) is 5.60 Å². The van der Waals surface area contributed by atoms with Crippen molar-refractivity contribution in [3.63, 3.8) is 0 Å². The molecule has 0 aliphatic heterocycles. The number of rotatable bonds is 20. The van der Waals surface area contributed by atoms with Crippen molar-refractivity contribution in [1.29, 1.82) is 0 Å². The van der Waals surface area contributed by atoms with Gasteiger partial charge in [0.05, 0.1) is 5.60 Å². The standard InChI is InChI=1S/C25H52OS/c1-6-10-13-14-15-16-18-24(5,19-17-23-27)25(20-11-7-2,21-12-8-3)26-22-9-4/h27H,6-23H2,1-5H3. The van der Waals surface area contributed by atoms with E-state index in [1.54, 1.807) is 0 Å². The van der Waals surface area contributed by atoms with E-state index in [1.165, 1.54) is 96.3 Å². The monoisotopic (exact) mass is 400 g/mol. The normalized spacial score (nSPS) is 14.4. The van der Waals surface area contributed by atoms with E-state index in [4.69, 9.17) is 4.74 Å². The molecule has 0 amide bonds. The molecule has 0 saturated heterocycles. The molecule has 0 saturated carbocycles. The third-order valence-corrected chi connectivity index (χ3v) is 6.84. The third-order valence-electron chi connectivity index (χ3n) is 6.52. The minimum Gasteiger partial charge on any atom is -0.374 e. The molecule has 0 radical (unpaired) electrons. The van der Waals surface area contributed by atoms with Crippen LogP contribution in [0.3, 0.4) is 0 Å². The van der Waals surface area contributed by atoms with Crippen molar-refractivity contribution >= 4 is 12.6 Å². The van der Waals surface area contributed by atoms with E-state index in [0.717, 1.165) is 18.8 Å². The zero-order valence-corrected chi connectivity index (χ0v) is 20.5. The predicted molar refractivity (Wildman–Crippen MR) is 127 cm³/mol. The van der Waals surface area contributed by atoms with Gasteiger partial charge in [0.2, 0.25) is 0 Å². The number of unbranched alkanes of at least 4 members (excludes halogenated alkanes) is 7. The Morgan fingerprint density at radius 1 is 0.593 bits per heavy atom. The fraction of sp³-hybridized carbons (Fsp3) is 1.00.